The number of halogens is 1. The van der Waals surface area contributed by atoms with E-state index in [0.29, 0.717) is 29.1 Å². The zero-order valence-electron chi connectivity index (χ0n) is 25.7. The highest BCUT2D eigenvalue weighted by Gasteiger charge is 2.29. The number of pyridine rings is 1. The van der Waals surface area contributed by atoms with Crippen LogP contribution in [0.3, 0.4) is 0 Å². The molecular weight excluding hydrogens is 652 g/mol. The SMILES string of the molecule is CC(NC(=O)c1c(CN2CCC(N3CCOCC3)CC2)c(-c2cccc(Br)c2)nc2ccc(S(C)(=O)=O)cc12)c1ccccc1. The van der Waals surface area contributed by atoms with Crippen LogP contribution in [0.2, 0.25) is 0 Å². The van der Waals surface area contributed by atoms with Gasteiger partial charge in [0.05, 0.1) is 40.9 Å². The van der Waals surface area contributed by atoms with Crippen LogP contribution in [0.5, 0.6) is 0 Å². The van der Waals surface area contributed by atoms with Crippen LogP contribution in [0, 0.1) is 0 Å². The zero-order chi connectivity index (χ0) is 31.6. The van der Waals surface area contributed by atoms with E-state index in [2.05, 4.69) is 31.0 Å². The van der Waals surface area contributed by atoms with Crippen LogP contribution < -0.4 is 5.32 Å². The maximum atomic E-state index is 14.4. The molecular formula is C35H39BrN4O4S. The molecule has 1 amide bonds. The monoisotopic (exact) mass is 690 g/mol. The van der Waals surface area contributed by atoms with Gasteiger partial charge in [0, 0.05) is 52.9 Å². The Hall–Kier alpha value is -3.15. The normalized spacial score (nSPS) is 17.8. The van der Waals surface area contributed by atoms with Gasteiger partial charge in [0.1, 0.15) is 0 Å². The number of nitrogens with one attached hydrogen (secondary N) is 1. The summed E-state index contributed by atoms with van der Waals surface area (Å²) in [5, 5.41) is 3.75. The second-order valence-corrected chi connectivity index (χ2v) is 15.0. The number of carbonyl (C=O) groups is 1. The number of aromatic nitrogens is 1. The number of nitrogens with zero attached hydrogens (tertiary/aromatic N) is 3. The lowest BCUT2D eigenvalue weighted by atomic mass is 9.94. The third-order valence-corrected chi connectivity index (χ3v) is 10.6. The minimum Gasteiger partial charge on any atom is -0.379 e. The van der Waals surface area contributed by atoms with Crippen molar-refractivity contribution in [1.82, 2.24) is 20.1 Å². The number of fused-ring (bicyclic) bond motifs is 1. The molecule has 0 spiro atoms. The number of benzene rings is 3. The van der Waals surface area contributed by atoms with E-state index >= 15 is 0 Å². The molecule has 0 aliphatic carbocycles. The van der Waals surface area contributed by atoms with Crippen molar-refractivity contribution in [2.75, 3.05) is 45.6 Å². The lowest BCUT2D eigenvalue weighted by molar-refractivity contribution is 0.000226. The fraction of sp³-hybridized carbons (Fsp3) is 0.371. The van der Waals surface area contributed by atoms with Gasteiger partial charge < -0.3 is 10.1 Å². The molecule has 2 aliphatic heterocycles. The van der Waals surface area contributed by atoms with Gasteiger partial charge >= 0.3 is 0 Å². The second kappa shape index (κ2) is 13.7. The Labute approximate surface area is 273 Å². The molecule has 3 aromatic carbocycles. The van der Waals surface area contributed by atoms with Gasteiger partial charge in [-0.1, -0.05) is 58.4 Å². The number of amides is 1. The summed E-state index contributed by atoms with van der Waals surface area (Å²) < 4.78 is 31.8. The number of carbonyl (C=O) groups excluding carboxylic acids is 1. The van der Waals surface area contributed by atoms with Crippen molar-refractivity contribution in [2.45, 2.75) is 43.3 Å². The first kappa shape index (κ1) is 31.8. The third kappa shape index (κ3) is 7.31. The smallest absolute Gasteiger partial charge is 0.252 e. The van der Waals surface area contributed by atoms with Crippen LogP contribution in [0.1, 0.15) is 47.3 Å². The van der Waals surface area contributed by atoms with Crippen molar-refractivity contribution < 1.29 is 17.9 Å². The molecule has 2 saturated heterocycles. The maximum Gasteiger partial charge on any atom is 0.252 e. The Bertz CT molecular complexity index is 1790. The number of ether oxygens (including phenoxy) is 1. The third-order valence-electron chi connectivity index (χ3n) is 8.96. The second-order valence-electron chi connectivity index (χ2n) is 12.0. The van der Waals surface area contributed by atoms with E-state index in [0.717, 1.165) is 79.1 Å². The van der Waals surface area contributed by atoms with Crippen LogP contribution in [0.25, 0.3) is 22.2 Å². The standard InChI is InChI=1S/C35H39BrN4O4S/c1-24(25-7-4-3-5-8-25)37-35(41)33-30-22-29(45(2,42)43)11-12-32(30)38-34(26-9-6-10-27(36)21-26)31(33)23-39-15-13-28(14-16-39)40-17-19-44-20-18-40/h3-12,21-22,24,28H,13-20,23H2,1-2H3,(H,37,41). The summed E-state index contributed by atoms with van der Waals surface area (Å²) in [5.41, 5.74) is 4.45. The molecule has 2 aliphatic rings. The van der Waals surface area contributed by atoms with Crippen LogP contribution in [-0.2, 0) is 21.1 Å². The van der Waals surface area contributed by atoms with Gasteiger partial charge in [-0.2, -0.15) is 0 Å². The number of morpholine rings is 1. The lowest BCUT2D eigenvalue weighted by Gasteiger charge is -2.40. The van der Waals surface area contributed by atoms with E-state index < -0.39 is 9.84 Å². The van der Waals surface area contributed by atoms with E-state index in [1.54, 1.807) is 18.2 Å². The molecule has 1 aromatic heterocycles. The average molecular weight is 692 g/mol. The van der Waals surface area contributed by atoms with Crippen LogP contribution in [-0.4, -0.2) is 80.8 Å². The number of likely N-dealkylation sites (tertiary alicyclic amines) is 1. The van der Waals surface area contributed by atoms with Crippen molar-refractivity contribution in [1.29, 1.82) is 0 Å². The van der Waals surface area contributed by atoms with Crippen LogP contribution in [0.15, 0.2) is 82.2 Å². The summed E-state index contributed by atoms with van der Waals surface area (Å²) in [7, 11) is -3.52. The van der Waals surface area contributed by atoms with E-state index in [-0.39, 0.29) is 16.8 Å². The highest BCUT2D eigenvalue weighted by Crippen LogP contribution is 2.35. The largest absolute Gasteiger partial charge is 0.379 e. The number of sulfone groups is 1. The Morgan fingerprint density at radius 2 is 1.73 bits per heavy atom. The van der Waals surface area contributed by atoms with Gasteiger partial charge in [-0.3, -0.25) is 14.6 Å². The summed E-state index contributed by atoms with van der Waals surface area (Å²) in [5.74, 6) is -0.251. The molecule has 2 fully saturated rings. The molecule has 10 heteroatoms. The first-order valence-corrected chi connectivity index (χ1v) is 18.2. The summed E-state index contributed by atoms with van der Waals surface area (Å²) in [6.45, 7) is 7.78. The Kier molecular flexibility index (Phi) is 9.68. The van der Waals surface area contributed by atoms with Gasteiger partial charge in [-0.15, -0.1) is 0 Å². The first-order chi connectivity index (χ1) is 21.7. The van der Waals surface area contributed by atoms with Crippen molar-refractivity contribution in [3.05, 3.63) is 94.0 Å². The molecule has 0 bridgehead atoms. The molecule has 6 rings (SSSR count). The lowest BCUT2D eigenvalue weighted by Crippen LogP contribution is -2.48. The predicted octanol–water partition coefficient (Wildman–Crippen LogP) is 5.86. The molecule has 236 valence electrons. The van der Waals surface area contributed by atoms with Crippen molar-refractivity contribution in [3.8, 4) is 11.3 Å². The Morgan fingerprint density at radius 1 is 1.00 bits per heavy atom. The number of hydrogen-bond acceptors (Lipinski definition) is 7. The molecule has 1 N–H and O–H groups in total. The van der Waals surface area contributed by atoms with Crippen molar-refractivity contribution >= 4 is 42.6 Å². The first-order valence-electron chi connectivity index (χ1n) is 15.5. The van der Waals surface area contributed by atoms with Crippen molar-refractivity contribution in [2.24, 2.45) is 0 Å². The quantitative estimate of drug-likeness (QED) is 0.248. The van der Waals surface area contributed by atoms with E-state index in [4.69, 9.17) is 9.72 Å². The summed E-state index contributed by atoms with van der Waals surface area (Å²) in [6, 6.07) is 22.9. The van der Waals surface area contributed by atoms with Gasteiger partial charge in [-0.25, -0.2) is 13.4 Å². The summed E-state index contributed by atoms with van der Waals surface area (Å²) >= 11 is 3.62. The molecule has 45 heavy (non-hydrogen) atoms. The fourth-order valence-electron chi connectivity index (χ4n) is 6.50. The highest BCUT2D eigenvalue weighted by molar-refractivity contribution is 9.10. The Balaban J connectivity index is 1.45. The van der Waals surface area contributed by atoms with Crippen LogP contribution in [0.4, 0.5) is 0 Å². The minimum atomic E-state index is -3.52. The van der Waals surface area contributed by atoms with Crippen LogP contribution >= 0.6 is 15.9 Å². The van der Waals surface area contributed by atoms with Gasteiger partial charge in [0.2, 0.25) is 0 Å². The average Bonchev–Trinajstić information content (AvgIpc) is 3.04. The zero-order valence-corrected chi connectivity index (χ0v) is 28.1. The van der Waals surface area contributed by atoms with E-state index in [9.17, 15) is 13.2 Å². The fourth-order valence-corrected chi connectivity index (χ4v) is 7.55. The highest BCUT2D eigenvalue weighted by atomic mass is 79.9. The van der Waals surface area contributed by atoms with Gasteiger partial charge in [0.15, 0.2) is 9.84 Å². The van der Waals surface area contributed by atoms with E-state index in [1.165, 1.54) is 6.26 Å². The molecule has 0 saturated carbocycles. The topological polar surface area (TPSA) is 91.8 Å². The summed E-state index contributed by atoms with van der Waals surface area (Å²) in [6.07, 6.45) is 3.27. The molecule has 1 unspecified atom stereocenters. The minimum absolute atomic E-state index is 0.162. The molecule has 0 radical (unpaired) electrons. The number of hydrogen-bond donors (Lipinski definition) is 1. The number of rotatable bonds is 8. The predicted molar refractivity (Wildman–Crippen MR) is 181 cm³/mol. The number of piperidine rings is 1. The molecule has 1 atom stereocenters. The molecule has 3 heterocycles. The van der Waals surface area contributed by atoms with E-state index in [1.807, 2.05) is 61.5 Å². The van der Waals surface area contributed by atoms with Crippen molar-refractivity contribution in [3.63, 3.8) is 0 Å². The van der Waals surface area contributed by atoms with Gasteiger partial charge in [0.25, 0.3) is 5.91 Å². The molecule has 8 nitrogen and oxygen atoms in total. The van der Waals surface area contributed by atoms with Gasteiger partial charge in [-0.05, 0) is 68.8 Å². The summed E-state index contributed by atoms with van der Waals surface area (Å²) in [4.78, 5) is 24.6. The Morgan fingerprint density at radius 3 is 2.42 bits per heavy atom. The molecule has 4 aromatic rings. The maximum absolute atomic E-state index is 14.4.